The van der Waals surface area contributed by atoms with E-state index in [1.54, 1.807) is 11.1 Å². The topological polar surface area (TPSA) is 3.24 Å². The zero-order valence-corrected chi connectivity index (χ0v) is 12.4. The Labute approximate surface area is 118 Å². The lowest BCUT2D eigenvalue weighted by Gasteiger charge is -2.31. The third-order valence-electron chi connectivity index (χ3n) is 5.11. The quantitative estimate of drug-likeness (QED) is 0.745. The van der Waals surface area contributed by atoms with Crippen LogP contribution in [0.1, 0.15) is 75.5 Å². The first-order chi connectivity index (χ1) is 9.27. The van der Waals surface area contributed by atoms with Crippen molar-refractivity contribution in [3.05, 3.63) is 35.4 Å². The van der Waals surface area contributed by atoms with E-state index in [4.69, 9.17) is 0 Å². The monoisotopic (exact) mass is 257 g/mol. The summed E-state index contributed by atoms with van der Waals surface area (Å²) in [7, 11) is 0. The Kier molecular flexibility index (Phi) is 3.93. The van der Waals surface area contributed by atoms with Crippen LogP contribution < -0.4 is 0 Å². The van der Waals surface area contributed by atoms with Crippen LogP contribution in [0, 0.1) is 0 Å². The lowest BCUT2D eigenvalue weighted by atomic mass is 9.88. The van der Waals surface area contributed by atoms with Crippen molar-refractivity contribution in [1.29, 1.82) is 0 Å². The number of rotatable bonds is 3. The summed E-state index contributed by atoms with van der Waals surface area (Å²) in [5.41, 5.74) is 3.30. The maximum atomic E-state index is 2.70. The molecule has 1 aromatic carbocycles. The molecule has 0 spiro atoms. The van der Waals surface area contributed by atoms with Gasteiger partial charge >= 0.3 is 0 Å². The first-order valence-corrected chi connectivity index (χ1v) is 8.12. The second-order valence-electron chi connectivity index (χ2n) is 6.60. The fourth-order valence-electron chi connectivity index (χ4n) is 4.16. The molecule has 1 saturated heterocycles. The fraction of sp³-hybridized carbons (Fsp3) is 0.667. The zero-order chi connectivity index (χ0) is 13.2. The van der Waals surface area contributed by atoms with Crippen molar-refractivity contribution in [2.45, 2.75) is 70.4 Å². The smallest absolute Gasteiger partial charge is 0.0354 e. The predicted molar refractivity (Wildman–Crippen MR) is 81.5 cm³/mol. The molecule has 2 fully saturated rings. The average molecular weight is 257 g/mol. The first-order valence-electron chi connectivity index (χ1n) is 8.12. The van der Waals surface area contributed by atoms with Crippen molar-refractivity contribution < 1.29 is 0 Å². The summed E-state index contributed by atoms with van der Waals surface area (Å²) < 4.78 is 0. The maximum Gasteiger partial charge on any atom is 0.0354 e. The van der Waals surface area contributed by atoms with Gasteiger partial charge in [-0.1, -0.05) is 37.1 Å². The molecule has 0 aromatic heterocycles. The highest BCUT2D eigenvalue weighted by Crippen LogP contribution is 2.41. The highest BCUT2D eigenvalue weighted by molar-refractivity contribution is 5.34. The molecule has 104 valence electrons. The summed E-state index contributed by atoms with van der Waals surface area (Å²) in [6, 6.07) is 10.6. The first kappa shape index (κ1) is 13.2. The van der Waals surface area contributed by atoms with Gasteiger partial charge in [0.1, 0.15) is 0 Å². The van der Waals surface area contributed by atoms with Gasteiger partial charge in [0, 0.05) is 12.1 Å². The van der Waals surface area contributed by atoms with Crippen molar-refractivity contribution in [2.75, 3.05) is 6.54 Å². The number of hydrogen-bond donors (Lipinski definition) is 0. The van der Waals surface area contributed by atoms with Crippen LogP contribution in [-0.2, 0) is 0 Å². The molecular weight excluding hydrogens is 230 g/mol. The molecule has 0 bridgehead atoms. The number of nitrogens with zero attached hydrogens (tertiary/aromatic N) is 1. The molecule has 1 aliphatic heterocycles. The van der Waals surface area contributed by atoms with E-state index in [1.165, 1.54) is 45.1 Å². The molecular formula is C18H27N. The van der Waals surface area contributed by atoms with E-state index in [0.29, 0.717) is 12.1 Å². The molecule has 1 aromatic rings. The molecule has 0 amide bonds. The van der Waals surface area contributed by atoms with Crippen molar-refractivity contribution in [1.82, 2.24) is 4.90 Å². The van der Waals surface area contributed by atoms with Gasteiger partial charge < -0.3 is 0 Å². The van der Waals surface area contributed by atoms with Gasteiger partial charge in [0.15, 0.2) is 0 Å². The molecule has 1 heterocycles. The maximum absolute atomic E-state index is 2.70. The van der Waals surface area contributed by atoms with Gasteiger partial charge in [-0.3, -0.25) is 4.90 Å². The molecule has 0 N–H and O–H groups in total. The highest BCUT2D eigenvalue weighted by Gasteiger charge is 2.31. The van der Waals surface area contributed by atoms with E-state index < -0.39 is 0 Å². The van der Waals surface area contributed by atoms with E-state index in [1.807, 2.05) is 0 Å². The fourth-order valence-corrected chi connectivity index (χ4v) is 4.16. The van der Waals surface area contributed by atoms with Gasteiger partial charge in [-0.2, -0.15) is 0 Å². The van der Waals surface area contributed by atoms with Crippen LogP contribution in [0.5, 0.6) is 0 Å². The van der Waals surface area contributed by atoms with E-state index in [9.17, 15) is 0 Å². The van der Waals surface area contributed by atoms with Crippen molar-refractivity contribution in [3.63, 3.8) is 0 Å². The van der Waals surface area contributed by atoms with E-state index in [-0.39, 0.29) is 0 Å². The van der Waals surface area contributed by atoms with Gasteiger partial charge in [-0.15, -0.1) is 0 Å². The molecule has 1 unspecified atom stereocenters. The van der Waals surface area contributed by atoms with Crippen LogP contribution in [0.25, 0.3) is 0 Å². The Balaban J connectivity index is 1.91. The summed E-state index contributed by atoms with van der Waals surface area (Å²) in [5, 5.41) is 0. The molecule has 3 rings (SSSR count). The van der Waals surface area contributed by atoms with Crippen LogP contribution in [0.4, 0.5) is 0 Å². The number of likely N-dealkylation sites (tertiary alicyclic amines) is 1. The van der Waals surface area contributed by atoms with Gasteiger partial charge in [0.25, 0.3) is 0 Å². The molecule has 0 radical (unpaired) electrons. The predicted octanol–water partition coefficient (Wildman–Crippen LogP) is 4.89. The average Bonchev–Trinajstić information content (AvgIpc) is 3.10. The normalized spacial score (nSPS) is 25.5. The molecule has 1 nitrogen and oxygen atoms in total. The lowest BCUT2D eigenvalue weighted by Crippen LogP contribution is -2.30. The second-order valence-corrected chi connectivity index (χ2v) is 6.60. The van der Waals surface area contributed by atoms with Gasteiger partial charge in [-0.05, 0) is 63.1 Å². The Morgan fingerprint density at radius 1 is 0.947 bits per heavy atom. The molecule has 1 saturated carbocycles. The molecule has 1 heteroatoms. The van der Waals surface area contributed by atoms with Crippen LogP contribution in [0.2, 0.25) is 0 Å². The summed E-state index contributed by atoms with van der Waals surface area (Å²) in [4.78, 5) is 2.70. The van der Waals surface area contributed by atoms with Gasteiger partial charge in [0.2, 0.25) is 0 Å². The minimum Gasteiger partial charge on any atom is -0.294 e. The Morgan fingerprint density at radius 2 is 1.63 bits per heavy atom. The summed E-state index contributed by atoms with van der Waals surface area (Å²) in [6.45, 7) is 5.97. The Hall–Kier alpha value is -0.820. The minimum absolute atomic E-state index is 0.670. The van der Waals surface area contributed by atoms with Crippen molar-refractivity contribution in [2.24, 2.45) is 0 Å². The molecule has 1 aliphatic carbocycles. The van der Waals surface area contributed by atoms with Crippen LogP contribution in [0.3, 0.4) is 0 Å². The molecule has 19 heavy (non-hydrogen) atoms. The third-order valence-corrected chi connectivity index (χ3v) is 5.11. The van der Waals surface area contributed by atoms with Crippen molar-refractivity contribution >= 4 is 0 Å². The zero-order valence-electron chi connectivity index (χ0n) is 12.4. The van der Waals surface area contributed by atoms with Crippen LogP contribution in [-0.4, -0.2) is 17.5 Å². The third kappa shape index (κ3) is 2.58. The number of benzene rings is 1. The van der Waals surface area contributed by atoms with E-state index in [2.05, 4.69) is 43.0 Å². The van der Waals surface area contributed by atoms with E-state index >= 15 is 0 Å². The number of hydrogen-bond acceptors (Lipinski definition) is 1. The highest BCUT2D eigenvalue weighted by atomic mass is 15.2. The molecule has 2 aliphatic rings. The second kappa shape index (κ2) is 5.66. The minimum atomic E-state index is 0.670. The summed E-state index contributed by atoms with van der Waals surface area (Å²) in [6.07, 6.45) is 8.38. The van der Waals surface area contributed by atoms with Gasteiger partial charge in [-0.25, -0.2) is 0 Å². The SMILES string of the molecule is CC(C)N1CCCC1c1ccccc1C1CCCC1. The largest absolute Gasteiger partial charge is 0.294 e. The van der Waals surface area contributed by atoms with Crippen LogP contribution >= 0.6 is 0 Å². The standard InChI is InChI=1S/C18H27N/c1-14(2)19-13-7-12-18(19)17-11-6-5-10-16(17)15-8-3-4-9-15/h5-6,10-11,14-15,18H,3-4,7-9,12-13H2,1-2H3. The Morgan fingerprint density at radius 3 is 2.32 bits per heavy atom. The summed E-state index contributed by atoms with van der Waals surface area (Å²) in [5.74, 6) is 0.839. The van der Waals surface area contributed by atoms with Crippen LogP contribution in [0.15, 0.2) is 24.3 Å². The van der Waals surface area contributed by atoms with E-state index in [0.717, 1.165) is 5.92 Å². The molecule has 1 atom stereocenters. The Bertz CT molecular complexity index is 417. The lowest BCUT2D eigenvalue weighted by molar-refractivity contribution is 0.204. The van der Waals surface area contributed by atoms with Gasteiger partial charge in [0.05, 0.1) is 0 Å². The summed E-state index contributed by atoms with van der Waals surface area (Å²) >= 11 is 0. The van der Waals surface area contributed by atoms with Crippen molar-refractivity contribution in [3.8, 4) is 0 Å².